The van der Waals surface area contributed by atoms with Crippen molar-refractivity contribution in [3.8, 4) is 0 Å². The molecule has 17 heavy (non-hydrogen) atoms. The van der Waals surface area contributed by atoms with Gasteiger partial charge in [-0.2, -0.15) is 16.9 Å². The molecule has 0 radical (unpaired) electrons. The lowest BCUT2D eigenvalue weighted by molar-refractivity contribution is 0.234. The van der Waals surface area contributed by atoms with Crippen molar-refractivity contribution in [2.75, 3.05) is 25.1 Å². The first-order valence-corrected chi connectivity index (χ1v) is 7.28. The van der Waals surface area contributed by atoms with Gasteiger partial charge in [-0.25, -0.2) is 0 Å². The van der Waals surface area contributed by atoms with Crippen molar-refractivity contribution in [1.82, 2.24) is 14.7 Å². The molecule has 0 amide bonds. The molecule has 2 N–H and O–H groups in total. The van der Waals surface area contributed by atoms with E-state index in [9.17, 15) is 0 Å². The van der Waals surface area contributed by atoms with Gasteiger partial charge in [-0.1, -0.05) is 6.92 Å². The second kappa shape index (κ2) is 7.74. The lowest BCUT2D eigenvalue weighted by atomic mass is 10.2. The smallest absolute Gasteiger partial charge is 0.0534 e. The van der Waals surface area contributed by atoms with Gasteiger partial charge in [0.2, 0.25) is 0 Å². The van der Waals surface area contributed by atoms with Gasteiger partial charge in [0, 0.05) is 37.9 Å². The number of likely N-dealkylation sites (N-methyl/N-ethyl adjacent to an activating group) is 1. The first-order chi connectivity index (χ1) is 8.17. The van der Waals surface area contributed by atoms with Crippen LogP contribution in [0.1, 0.15) is 18.9 Å². The van der Waals surface area contributed by atoms with Crippen molar-refractivity contribution in [2.45, 2.75) is 25.9 Å². The third kappa shape index (κ3) is 5.10. The maximum atomic E-state index is 5.84. The molecule has 5 heteroatoms. The first kappa shape index (κ1) is 14.5. The molecule has 1 unspecified atom stereocenters. The molecular formula is C12H24N4S. The van der Waals surface area contributed by atoms with Crippen LogP contribution in [0.2, 0.25) is 0 Å². The Morgan fingerprint density at radius 3 is 2.88 bits per heavy atom. The highest BCUT2D eigenvalue weighted by Gasteiger charge is 2.13. The minimum absolute atomic E-state index is 0.467. The standard InChI is InChI=1S/C12H24N4S/c1-4-17-6-5-12(7-13)15(2)9-11-8-14-16(3)10-11/h8,10,12H,4-7,9,13H2,1-3H3. The van der Waals surface area contributed by atoms with Crippen LogP contribution in [0.4, 0.5) is 0 Å². The van der Waals surface area contributed by atoms with Crippen LogP contribution in [0.5, 0.6) is 0 Å². The zero-order chi connectivity index (χ0) is 12.7. The lowest BCUT2D eigenvalue weighted by Crippen LogP contribution is -2.37. The SMILES string of the molecule is CCSCCC(CN)N(C)Cc1cnn(C)c1. The Hall–Kier alpha value is -0.520. The van der Waals surface area contributed by atoms with E-state index in [2.05, 4.69) is 30.2 Å². The molecule has 0 spiro atoms. The predicted octanol–water partition coefficient (Wildman–Crippen LogP) is 1.32. The second-order valence-corrected chi connectivity index (χ2v) is 5.71. The van der Waals surface area contributed by atoms with Crippen LogP contribution in [0, 0.1) is 0 Å². The van der Waals surface area contributed by atoms with Crippen LogP contribution >= 0.6 is 11.8 Å². The van der Waals surface area contributed by atoms with Gasteiger partial charge >= 0.3 is 0 Å². The molecule has 0 aliphatic carbocycles. The predicted molar refractivity (Wildman–Crippen MR) is 75.1 cm³/mol. The van der Waals surface area contributed by atoms with Crippen LogP contribution in [-0.4, -0.2) is 45.8 Å². The molecule has 0 aliphatic rings. The van der Waals surface area contributed by atoms with E-state index < -0.39 is 0 Å². The summed E-state index contributed by atoms with van der Waals surface area (Å²) in [7, 11) is 4.09. The van der Waals surface area contributed by atoms with Crippen LogP contribution in [-0.2, 0) is 13.6 Å². The highest BCUT2D eigenvalue weighted by Crippen LogP contribution is 2.11. The highest BCUT2D eigenvalue weighted by molar-refractivity contribution is 7.99. The Balaban J connectivity index is 2.40. The van der Waals surface area contributed by atoms with Gasteiger partial charge in [-0.15, -0.1) is 0 Å². The fraction of sp³-hybridized carbons (Fsp3) is 0.750. The van der Waals surface area contributed by atoms with Crippen LogP contribution < -0.4 is 5.73 Å². The number of nitrogens with zero attached hydrogens (tertiary/aromatic N) is 3. The molecular weight excluding hydrogens is 232 g/mol. The van der Waals surface area contributed by atoms with Crippen molar-refractivity contribution in [3.05, 3.63) is 18.0 Å². The maximum Gasteiger partial charge on any atom is 0.0534 e. The van der Waals surface area contributed by atoms with Crippen LogP contribution in [0.25, 0.3) is 0 Å². The molecule has 1 rings (SSSR count). The van der Waals surface area contributed by atoms with E-state index in [1.807, 2.05) is 29.7 Å². The lowest BCUT2D eigenvalue weighted by Gasteiger charge is -2.26. The first-order valence-electron chi connectivity index (χ1n) is 6.13. The zero-order valence-electron chi connectivity index (χ0n) is 11.1. The van der Waals surface area contributed by atoms with Gasteiger partial charge in [-0.05, 0) is 25.0 Å². The van der Waals surface area contributed by atoms with Crippen molar-refractivity contribution < 1.29 is 0 Å². The van der Waals surface area contributed by atoms with Gasteiger partial charge in [0.15, 0.2) is 0 Å². The summed E-state index contributed by atoms with van der Waals surface area (Å²) in [5.74, 6) is 2.37. The van der Waals surface area contributed by atoms with Crippen LogP contribution in [0.15, 0.2) is 12.4 Å². The van der Waals surface area contributed by atoms with E-state index in [-0.39, 0.29) is 0 Å². The zero-order valence-corrected chi connectivity index (χ0v) is 11.9. The summed E-state index contributed by atoms with van der Waals surface area (Å²) in [5.41, 5.74) is 7.09. The average Bonchev–Trinajstić information content (AvgIpc) is 2.70. The molecule has 4 nitrogen and oxygen atoms in total. The maximum absolute atomic E-state index is 5.84. The summed E-state index contributed by atoms with van der Waals surface area (Å²) in [6.45, 7) is 3.84. The average molecular weight is 256 g/mol. The third-order valence-corrected chi connectivity index (χ3v) is 3.82. The van der Waals surface area contributed by atoms with Crippen molar-refractivity contribution in [2.24, 2.45) is 12.8 Å². The molecule has 0 saturated heterocycles. The number of aromatic nitrogens is 2. The van der Waals surface area contributed by atoms with Crippen molar-refractivity contribution in [3.63, 3.8) is 0 Å². The molecule has 0 saturated carbocycles. The number of hydrogen-bond acceptors (Lipinski definition) is 4. The number of rotatable bonds is 8. The van der Waals surface area contributed by atoms with Gasteiger partial charge in [0.1, 0.15) is 0 Å². The van der Waals surface area contributed by atoms with E-state index >= 15 is 0 Å². The Labute approximate surface area is 109 Å². The quantitative estimate of drug-likeness (QED) is 0.713. The number of hydrogen-bond donors (Lipinski definition) is 1. The van der Waals surface area contributed by atoms with E-state index in [1.54, 1.807) is 0 Å². The summed E-state index contributed by atoms with van der Waals surface area (Å²) in [6.07, 6.45) is 5.14. The Morgan fingerprint density at radius 1 is 1.59 bits per heavy atom. The van der Waals surface area contributed by atoms with Crippen molar-refractivity contribution >= 4 is 11.8 Å². The fourth-order valence-corrected chi connectivity index (χ4v) is 2.58. The summed E-state index contributed by atoms with van der Waals surface area (Å²) in [5, 5.41) is 4.18. The molecule has 1 atom stereocenters. The van der Waals surface area contributed by atoms with Crippen molar-refractivity contribution in [1.29, 1.82) is 0 Å². The fourth-order valence-electron chi connectivity index (χ4n) is 1.85. The molecule has 0 aliphatic heterocycles. The molecule has 1 heterocycles. The van der Waals surface area contributed by atoms with Gasteiger partial charge in [0.05, 0.1) is 6.20 Å². The molecule has 0 bridgehead atoms. The molecule has 0 aromatic carbocycles. The number of aryl methyl sites for hydroxylation is 1. The van der Waals surface area contributed by atoms with Crippen LogP contribution in [0.3, 0.4) is 0 Å². The third-order valence-electron chi connectivity index (χ3n) is 2.89. The summed E-state index contributed by atoms with van der Waals surface area (Å²) < 4.78 is 1.84. The summed E-state index contributed by atoms with van der Waals surface area (Å²) >= 11 is 1.98. The topological polar surface area (TPSA) is 47.1 Å². The molecule has 98 valence electrons. The highest BCUT2D eigenvalue weighted by atomic mass is 32.2. The minimum Gasteiger partial charge on any atom is -0.329 e. The number of nitrogens with two attached hydrogens (primary N) is 1. The number of thioether (sulfide) groups is 1. The summed E-state index contributed by atoms with van der Waals surface area (Å²) in [6, 6.07) is 0.467. The van der Waals surface area contributed by atoms with Gasteiger partial charge in [-0.3, -0.25) is 9.58 Å². The second-order valence-electron chi connectivity index (χ2n) is 4.31. The molecule has 1 aromatic rings. The van der Waals surface area contributed by atoms with Gasteiger partial charge in [0.25, 0.3) is 0 Å². The normalized spacial score (nSPS) is 13.2. The van der Waals surface area contributed by atoms with E-state index in [0.29, 0.717) is 6.04 Å². The van der Waals surface area contributed by atoms with E-state index in [0.717, 1.165) is 19.5 Å². The Kier molecular flexibility index (Phi) is 6.62. The van der Waals surface area contributed by atoms with Gasteiger partial charge < -0.3 is 5.73 Å². The van der Waals surface area contributed by atoms with E-state index in [4.69, 9.17) is 5.73 Å². The Bertz CT molecular complexity index is 313. The minimum atomic E-state index is 0.467. The summed E-state index contributed by atoms with van der Waals surface area (Å²) in [4.78, 5) is 2.33. The van der Waals surface area contributed by atoms with E-state index in [1.165, 1.54) is 17.1 Å². The largest absolute Gasteiger partial charge is 0.329 e. The molecule has 1 aromatic heterocycles. The Morgan fingerprint density at radius 2 is 2.35 bits per heavy atom. The molecule has 0 fully saturated rings. The monoisotopic (exact) mass is 256 g/mol.